The average Bonchev–Trinajstić information content (AvgIpc) is 3.17. The van der Waals surface area contributed by atoms with Crippen molar-refractivity contribution in [1.29, 1.82) is 0 Å². The normalized spacial score (nSPS) is 15.3. The first-order valence-electron chi connectivity index (χ1n) is 10.4. The van der Waals surface area contributed by atoms with Crippen LogP contribution in [0.25, 0.3) is 5.69 Å². The van der Waals surface area contributed by atoms with Crippen LogP contribution in [0.4, 0.5) is 13.2 Å². The van der Waals surface area contributed by atoms with E-state index in [1.54, 1.807) is 23.0 Å². The van der Waals surface area contributed by atoms with Crippen molar-refractivity contribution in [3.63, 3.8) is 0 Å². The van der Waals surface area contributed by atoms with Gasteiger partial charge in [-0.2, -0.15) is 13.2 Å². The fraction of sp³-hybridized carbons (Fsp3) is 0.409. The summed E-state index contributed by atoms with van der Waals surface area (Å²) in [5.41, 5.74) is 0.530. The van der Waals surface area contributed by atoms with Gasteiger partial charge in [0.25, 0.3) is 0 Å². The zero-order valence-electron chi connectivity index (χ0n) is 17.1. The maximum Gasteiger partial charge on any atom is 0.418 e. The van der Waals surface area contributed by atoms with Gasteiger partial charge >= 0.3 is 6.18 Å². The van der Waals surface area contributed by atoms with Crippen molar-refractivity contribution in [2.45, 2.75) is 43.6 Å². The third-order valence-electron chi connectivity index (χ3n) is 5.34. The predicted octanol–water partition coefficient (Wildman–Crippen LogP) is 5.00. The highest BCUT2D eigenvalue weighted by Gasteiger charge is 2.35. The minimum atomic E-state index is -4.46. The zero-order valence-corrected chi connectivity index (χ0v) is 17.9. The number of likely N-dealkylation sites (tertiary alicyclic amines) is 1. The molecule has 5 nitrogen and oxygen atoms in total. The number of halogens is 3. The highest BCUT2D eigenvalue weighted by atomic mass is 32.2. The fourth-order valence-corrected chi connectivity index (χ4v) is 4.73. The maximum atomic E-state index is 13.8. The fourth-order valence-electron chi connectivity index (χ4n) is 3.77. The maximum absolute atomic E-state index is 13.8. The number of aromatic nitrogens is 4. The second kappa shape index (κ2) is 9.82. The lowest BCUT2D eigenvalue weighted by Gasteiger charge is -2.26. The Morgan fingerprint density at radius 3 is 2.42 bits per heavy atom. The SMILES string of the molecule is FC(F)(F)c1ccccc1-n1c(CN2CCCCC2)nnc1SCCc1ccncc1. The van der Waals surface area contributed by atoms with E-state index in [1.807, 2.05) is 12.1 Å². The smallest absolute Gasteiger partial charge is 0.296 e. The summed E-state index contributed by atoms with van der Waals surface area (Å²) in [5, 5.41) is 9.07. The summed E-state index contributed by atoms with van der Waals surface area (Å²) in [5.74, 6) is 1.23. The molecule has 0 saturated carbocycles. The first kappa shape index (κ1) is 21.8. The number of pyridine rings is 1. The first-order valence-corrected chi connectivity index (χ1v) is 11.4. The van der Waals surface area contributed by atoms with Crippen molar-refractivity contribution in [2.75, 3.05) is 18.8 Å². The molecular weight excluding hydrogens is 423 g/mol. The largest absolute Gasteiger partial charge is 0.418 e. The molecule has 0 spiro atoms. The Labute approximate surface area is 183 Å². The molecule has 3 heterocycles. The van der Waals surface area contributed by atoms with Gasteiger partial charge in [-0.3, -0.25) is 14.5 Å². The molecule has 4 rings (SSSR count). The van der Waals surface area contributed by atoms with E-state index in [2.05, 4.69) is 20.1 Å². The number of piperidine rings is 1. The van der Waals surface area contributed by atoms with E-state index in [1.165, 1.54) is 30.3 Å². The van der Waals surface area contributed by atoms with E-state index >= 15 is 0 Å². The predicted molar refractivity (Wildman–Crippen MR) is 114 cm³/mol. The Morgan fingerprint density at radius 2 is 1.68 bits per heavy atom. The quantitative estimate of drug-likeness (QED) is 0.477. The number of alkyl halides is 3. The molecule has 31 heavy (non-hydrogen) atoms. The lowest BCUT2D eigenvalue weighted by Crippen LogP contribution is -2.30. The lowest BCUT2D eigenvalue weighted by atomic mass is 10.1. The van der Waals surface area contributed by atoms with Crippen LogP contribution < -0.4 is 0 Å². The Balaban J connectivity index is 1.64. The number of hydrogen-bond donors (Lipinski definition) is 0. The topological polar surface area (TPSA) is 46.8 Å². The van der Waals surface area contributed by atoms with Crippen LogP contribution in [0.3, 0.4) is 0 Å². The van der Waals surface area contributed by atoms with Gasteiger partial charge in [0.05, 0.1) is 17.8 Å². The minimum Gasteiger partial charge on any atom is -0.296 e. The molecule has 0 amide bonds. The molecule has 0 bridgehead atoms. The van der Waals surface area contributed by atoms with Gasteiger partial charge in [-0.25, -0.2) is 0 Å². The highest BCUT2D eigenvalue weighted by Crippen LogP contribution is 2.36. The van der Waals surface area contributed by atoms with Gasteiger partial charge in [-0.1, -0.05) is 30.3 Å². The van der Waals surface area contributed by atoms with Crippen LogP contribution in [0.15, 0.2) is 53.9 Å². The number of nitrogens with zero attached hydrogens (tertiary/aromatic N) is 5. The summed E-state index contributed by atoms with van der Waals surface area (Å²) in [7, 11) is 0. The second-order valence-electron chi connectivity index (χ2n) is 7.54. The summed E-state index contributed by atoms with van der Waals surface area (Å²) in [6.07, 6.45) is 3.17. The van der Waals surface area contributed by atoms with Crippen molar-refractivity contribution in [1.82, 2.24) is 24.6 Å². The molecule has 1 aliphatic heterocycles. The Kier molecular flexibility index (Phi) is 6.92. The zero-order chi connectivity index (χ0) is 21.7. The Morgan fingerprint density at radius 1 is 0.935 bits per heavy atom. The lowest BCUT2D eigenvalue weighted by molar-refractivity contribution is -0.137. The molecule has 0 atom stereocenters. The number of hydrogen-bond acceptors (Lipinski definition) is 5. The minimum absolute atomic E-state index is 0.0819. The van der Waals surface area contributed by atoms with Crippen LogP contribution in [0.5, 0.6) is 0 Å². The first-order chi connectivity index (χ1) is 15.0. The third kappa shape index (κ3) is 5.46. The summed E-state index contributed by atoms with van der Waals surface area (Å²) in [4.78, 5) is 6.25. The summed E-state index contributed by atoms with van der Waals surface area (Å²) in [6, 6.07) is 9.53. The number of thioether (sulfide) groups is 1. The third-order valence-corrected chi connectivity index (χ3v) is 6.27. The van der Waals surface area contributed by atoms with E-state index in [0.29, 0.717) is 23.3 Å². The molecule has 1 fully saturated rings. The number of aryl methyl sites for hydroxylation is 1. The van der Waals surface area contributed by atoms with Crippen molar-refractivity contribution in [2.24, 2.45) is 0 Å². The Hall–Kier alpha value is -2.39. The molecule has 1 saturated heterocycles. The van der Waals surface area contributed by atoms with E-state index in [0.717, 1.165) is 44.0 Å². The van der Waals surface area contributed by atoms with Gasteiger partial charge in [0.1, 0.15) is 0 Å². The molecule has 1 aromatic carbocycles. The van der Waals surface area contributed by atoms with Crippen molar-refractivity contribution in [3.8, 4) is 5.69 Å². The summed E-state index contributed by atoms with van der Waals surface area (Å²) < 4.78 is 42.9. The molecule has 0 radical (unpaired) electrons. The van der Waals surface area contributed by atoms with Crippen LogP contribution in [-0.2, 0) is 19.1 Å². The van der Waals surface area contributed by atoms with Crippen LogP contribution in [0.2, 0.25) is 0 Å². The molecule has 0 N–H and O–H groups in total. The van der Waals surface area contributed by atoms with Crippen molar-refractivity contribution in [3.05, 3.63) is 65.7 Å². The van der Waals surface area contributed by atoms with Crippen molar-refractivity contribution < 1.29 is 13.2 Å². The van der Waals surface area contributed by atoms with Gasteiger partial charge in [0.2, 0.25) is 0 Å². The molecule has 9 heteroatoms. The Bertz CT molecular complexity index is 984. The van der Waals surface area contributed by atoms with E-state index < -0.39 is 11.7 Å². The standard InChI is InChI=1S/C22H24F3N5S/c23-22(24,25)18-6-2-3-7-19(18)30-20(16-29-13-4-1-5-14-29)27-28-21(30)31-15-10-17-8-11-26-12-9-17/h2-3,6-9,11-12H,1,4-5,10,13-16H2. The van der Waals surface area contributed by atoms with Crippen LogP contribution >= 0.6 is 11.8 Å². The molecule has 0 aliphatic carbocycles. The van der Waals surface area contributed by atoms with Gasteiger partial charge in [0.15, 0.2) is 11.0 Å². The van der Waals surface area contributed by atoms with Gasteiger partial charge < -0.3 is 0 Å². The van der Waals surface area contributed by atoms with Gasteiger partial charge in [-0.15, -0.1) is 10.2 Å². The van der Waals surface area contributed by atoms with Gasteiger partial charge in [-0.05, 0) is 62.2 Å². The molecule has 2 aromatic heterocycles. The second-order valence-corrected chi connectivity index (χ2v) is 8.60. The molecule has 3 aromatic rings. The monoisotopic (exact) mass is 447 g/mol. The summed E-state index contributed by atoms with van der Waals surface area (Å²) >= 11 is 1.42. The van der Waals surface area contributed by atoms with E-state index in [9.17, 15) is 13.2 Å². The van der Waals surface area contributed by atoms with Crippen LogP contribution in [0, 0.1) is 0 Å². The molecule has 164 valence electrons. The molecule has 1 aliphatic rings. The number of benzene rings is 1. The number of rotatable bonds is 7. The average molecular weight is 448 g/mol. The van der Waals surface area contributed by atoms with E-state index in [-0.39, 0.29) is 5.69 Å². The summed E-state index contributed by atoms with van der Waals surface area (Å²) in [6.45, 7) is 2.35. The van der Waals surface area contributed by atoms with Crippen molar-refractivity contribution >= 4 is 11.8 Å². The van der Waals surface area contributed by atoms with E-state index in [4.69, 9.17) is 0 Å². The molecule has 0 unspecified atom stereocenters. The number of para-hydroxylation sites is 1. The van der Waals surface area contributed by atoms with Crippen LogP contribution in [0.1, 0.15) is 36.2 Å². The highest BCUT2D eigenvalue weighted by molar-refractivity contribution is 7.99. The van der Waals surface area contributed by atoms with Gasteiger partial charge in [0, 0.05) is 18.1 Å². The van der Waals surface area contributed by atoms with Crippen LogP contribution in [-0.4, -0.2) is 43.5 Å². The molecular formula is C22H24F3N5S.